The third-order valence-corrected chi connectivity index (χ3v) is 5.31. The molecular formula is C20H27BrCl4N2O3. The zero-order valence-electron chi connectivity index (χ0n) is 16.6. The lowest BCUT2D eigenvalue weighted by atomic mass is 10.2. The van der Waals surface area contributed by atoms with E-state index in [1.54, 1.807) is 19.2 Å². The summed E-state index contributed by atoms with van der Waals surface area (Å²) in [6.45, 7) is 3.64. The molecule has 10 heteroatoms. The molecule has 0 fully saturated rings. The third kappa shape index (κ3) is 9.79. The summed E-state index contributed by atoms with van der Waals surface area (Å²) >= 11 is 15.6. The van der Waals surface area contributed by atoms with Crippen LogP contribution < -0.4 is 20.1 Å². The zero-order chi connectivity index (χ0) is 20.4. The number of hydrogen-bond acceptors (Lipinski definition) is 5. The second-order valence-electron chi connectivity index (χ2n) is 6.15. The summed E-state index contributed by atoms with van der Waals surface area (Å²) < 4.78 is 12.3. The Morgan fingerprint density at radius 1 is 0.967 bits per heavy atom. The fourth-order valence-corrected chi connectivity index (χ4v) is 3.50. The van der Waals surface area contributed by atoms with E-state index in [-0.39, 0.29) is 31.4 Å². The number of rotatable bonds is 12. The molecule has 3 N–H and O–H groups in total. The second kappa shape index (κ2) is 16.2. The first-order valence-electron chi connectivity index (χ1n) is 9.00. The van der Waals surface area contributed by atoms with Crippen molar-refractivity contribution in [1.29, 1.82) is 0 Å². The molecule has 0 bridgehead atoms. The molecular weight excluding hydrogens is 538 g/mol. The van der Waals surface area contributed by atoms with Gasteiger partial charge in [-0.1, -0.05) is 29.3 Å². The molecule has 0 saturated heterocycles. The van der Waals surface area contributed by atoms with Gasteiger partial charge in [0.2, 0.25) is 0 Å². The minimum absolute atomic E-state index is 0. The SMILES string of the molecule is COc1cc(CNCCCNCCO)cc(Br)c1OCc1ccc(Cl)c(Cl)c1.Cl.Cl. The number of aliphatic hydroxyl groups is 1. The maximum Gasteiger partial charge on any atom is 0.175 e. The van der Waals surface area contributed by atoms with Crippen molar-refractivity contribution in [2.45, 2.75) is 19.6 Å². The van der Waals surface area contributed by atoms with Crippen LogP contribution in [0.2, 0.25) is 10.0 Å². The Bertz CT molecular complexity index is 769. The van der Waals surface area contributed by atoms with Crippen LogP contribution in [0, 0.1) is 0 Å². The molecule has 30 heavy (non-hydrogen) atoms. The van der Waals surface area contributed by atoms with Crippen LogP contribution in [0.1, 0.15) is 17.5 Å². The van der Waals surface area contributed by atoms with E-state index in [0.29, 0.717) is 34.7 Å². The molecule has 0 amide bonds. The largest absolute Gasteiger partial charge is 0.493 e. The molecule has 0 saturated carbocycles. The van der Waals surface area contributed by atoms with Crippen LogP contribution in [-0.2, 0) is 13.2 Å². The van der Waals surface area contributed by atoms with E-state index in [1.807, 2.05) is 18.2 Å². The van der Waals surface area contributed by atoms with E-state index in [0.717, 1.165) is 41.7 Å². The predicted octanol–water partition coefficient (Wildman–Crippen LogP) is 5.25. The molecule has 0 heterocycles. The van der Waals surface area contributed by atoms with Gasteiger partial charge >= 0.3 is 0 Å². The molecule has 0 aromatic heterocycles. The van der Waals surface area contributed by atoms with Crippen molar-refractivity contribution in [3.63, 3.8) is 0 Å². The van der Waals surface area contributed by atoms with Crippen LogP contribution in [0.3, 0.4) is 0 Å². The van der Waals surface area contributed by atoms with Crippen molar-refractivity contribution in [3.8, 4) is 11.5 Å². The van der Waals surface area contributed by atoms with Gasteiger partial charge in [0.1, 0.15) is 6.61 Å². The van der Waals surface area contributed by atoms with Gasteiger partial charge in [0.15, 0.2) is 11.5 Å². The van der Waals surface area contributed by atoms with E-state index in [1.165, 1.54) is 0 Å². The molecule has 0 aliphatic rings. The average molecular weight is 565 g/mol. The molecule has 5 nitrogen and oxygen atoms in total. The Hall–Kier alpha value is -0.440. The van der Waals surface area contributed by atoms with Crippen molar-refractivity contribution in [2.24, 2.45) is 0 Å². The Kier molecular flexibility index (Phi) is 16.0. The molecule has 0 aliphatic carbocycles. The number of halogens is 5. The van der Waals surface area contributed by atoms with Gasteiger partial charge in [-0.15, -0.1) is 24.8 Å². The molecule has 0 aliphatic heterocycles. The first kappa shape index (κ1) is 29.6. The lowest BCUT2D eigenvalue weighted by Gasteiger charge is -2.15. The molecule has 2 rings (SSSR count). The van der Waals surface area contributed by atoms with Gasteiger partial charge in [-0.2, -0.15) is 0 Å². The topological polar surface area (TPSA) is 62.8 Å². The monoisotopic (exact) mass is 562 g/mol. The summed E-state index contributed by atoms with van der Waals surface area (Å²) in [6.07, 6.45) is 0.989. The van der Waals surface area contributed by atoms with Crippen molar-refractivity contribution in [3.05, 3.63) is 56.0 Å². The Morgan fingerprint density at radius 2 is 1.70 bits per heavy atom. The van der Waals surface area contributed by atoms with Gasteiger partial charge in [-0.25, -0.2) is 0 Å². The maximum absolute atomic E-state index is 8.73. The lowest BCUT2D eigenvalue weighted by molar-refractivity contribution is 0.282. The predicted molar refractivity (Wildman–Crippen MR) is 132 cm³/mol. The van der Waals surface area contributed by atoms with E-state index in [9.17, 15) is 0 Å². The summed E-state index contributed by atoms with van der Waals surface area (Å²) in [7, 11) is 1.62. The highest BCUT2D eigenvalue weighted by Crippen LogP contribution is 2.37. The van der Waals surface area contributed by atoms with Gasteiger partial charge in [0.25, 0.3) is 0 Å². The van der Waals surface area contributed by atoms with Crippen LogP contribution in [0.5, 0.6) is 11.5 Å². The number of nitrogens with one attached hydrogen (secondary N) is 2. The second-order valence-corrected chi connectivity index (χ2v) is 7.82. The smallest absolute Gasteiger partial charge is 0.175 e. The molecule has 0 unspecified atom stereocenters. The highest BCUT2D eigenvalue weighted by Gasteiger charge is 2.12. The minimum atomic E-state index is 0. The van der Waals surface area contributed by atoms with Gasteiger partial charge in [-0.05, 0) is 70.8 Å². The summed E-state index contributed by atoms with van der Waals surface area (Å²) in [4.78, 5) is 0. The first-order chi connectivity index (χ1) is 13.5. The lowest BCUT2D eigenvalue weighted by Crippen LogP contribution is -2.23. The third-order valence-electron chi connectivity index (χ3n) is 3.98. The first-order valence-corrected chi connectivity index (χ1v) is 10.6. The van der Waals surface area contributed by atoms with Crippen LogP contribution in [0.25, 0.3) is 0 Å². The van der Waals surface area contributed by atoms with Crippen LogP contribution in [0.15, 0.2) is 34.8 Å². The van der Waals surface area contributed by atoms with Crippen molar-refractivity contribution in [1.82, 2.24) is 10.6 Å². The van der Waals surface area contributed by atoms with Crippen LogP contribution in [0.4, 0.5) is 0 Å². The Morgan fingerprint density at radius 3 is 2.37 bits per heavy atom. The highest BCUT2D eigenvalue weighted by molar-refractivity contribution is 9.10. The summed E-state index contributed by atoms with van der Waals surface area (Å²) in [5.74, 6) is 1.31. The number of aliphatic hydroxyl groups excluding tert-OH is 1. The number of benzene rings is 2. The van der Waals surface area contributed by atoms with Crippen LogP contribution >= 0.6 is 63.9 Å². The van der Waals surface area contributed by atoms with E-state index in [2.05, 4.69) is 26.6 Å². The Labute approximate surface area is 208 Å². The van der Waals surface area contributed by atoms with Gasteiger partial charge < -0.3 is 25.2 Å². The summed E-state index contributed by atoms with van der Waals surface area (Å²) in [5.41, 5.74) is 2.01. The average Bonchev–Trinajstić information content (AvgIpc) is 2.68. The standard InChI is InChI=1S/C20H25BrCl2N2O3.2ClH/c1-27-19-11-15(12-25-6-2-5-24-7-8-26)9-16(21)20(19)28-13-14-3-4-17(22)18(23)10-14;;/h3-4,9-11,24-26H,2,5-8,12-13H2,1H3;2*1H. The fraction of sp³-hybridized carbons (Fsp3) is 0.400. The highest BCUT2D eigenvalue weighted by atomic mass is 79.9. The van der Waals surface area contributed by atoms with Crippen molar-refractivity contribution < 1.29 is 14.6 Å². The zero-order valence-corrected chi connectivity index (χ0v) is 21.3. The molecule has 0 atom stereocenters. The Balaban J connectivity index is 0.00000420. The van der Waals surface area contributed by atoms with Crippen LogP contribution in [-0.4, -0.2) is 38.5 Å². The van der Waals surface area contributed by atoms with E-state index in [4.69, 9.17) is 37.8 Å². The molecule has 2 aromatic carbocycles. The van der Waals surface area contributed by atoms with Crippen molar-refractivity contribution >= 4 is 63.9 Å². The molecule has 0 spiro atoms. The molecule has 170 valence electrons. The summed E-state index contributed by atoms with van der Waals surface area (Å²) in [6, 6.07) is 9.40. The maximum atomic E-state index is 8.73. The number of methoxy groups -OCH3 is 1. The van der Waals surface area contributed by atoms with E-state index < -0.39 is 0 Å². The van der Waals surface area contributed by atoms with Gasteiger partial charge in [0.05, 0.1) is 28.2 Å². The van der Waals surface area contributed by atoms with Gasteiger partial charge in [0, 0.05) is 13.1 Å². The fourth-order valence-electron chi connectivity index (χ4n) is 2.58. The quantitative estimate of drug-likeness (QED) is 0.307. The van der Waals surface area contributed by atoms with Gasteiger partial charge in [-0.3, -0.25) is 0 Å². The molecule has 2 aromatic rings. The van der Waals surface area contributed by atoms with E-state index >= 15 is 0 Å². The number of hydrogen-bond donors (Lipinski definition) is 3. The summed E-state index contributed by atoms with van der Waals surface area (Å²) in [5, 5.41) is 16.3. The molecule has 0 radical (unpaired) electrons. The minimum Gasteiger partial charge on any atom is -0.493 e. The number of ether oxygens (including phenoxy) is 2. The van der Waals surface area contributed by atoms with Crippen molar-refractivity contribution in [2.75, 3.05) is 33.4 Å². The normalized spacial score (nSPS) is 10.2.